The molecule has 0 bridgehead atoms. The van der Waals surface area contributed by atoms with Gasteiger partial charge in [0.1, 0.15) is 0 Å². The van der Waals surface area contributed by atoms with Gasteiger partial charge >= 0.3 is 12.0 Å². The standard InChI is InChI=1S/C11H20N2O4/c1-8(10(14)15)5-12-11(16)13-4-3-9(6-13)7-17-2/h8-9H,3-7H2,1-2H3,(H,12,16)(H,14,15). The third-order valence-corrected chi connectivity index (χ3v) is 2.96. The number of methoxy groups -OCH3 is 1. The maximum absolute atomic E-state index is 11.7. The van der Waals surface area contributed by atoms with E-state index in [0.717, 1.165) is 6.42 Å². The van der Waals surface area contributed by atoms with Gasteiger partial charge in [-0.25, -0.2) is 4.79 Å². The smallest absolute Gasteiger partial charge is 0.317 e. The molecule has 0 saturated carbocycles. The lowest BCUT2D eigenvalue weighted by molar-refractivity contribution is -0.140. The highest BCUT2D eigenvalue weighted by Gasteiger charge is 2.26. The number of carbonyl (C=O) groups excluding carboxylic acids is 1. The SMILES string of the molecule is COCC1CCN(C(=O)NCC(C)C(=O)O)C1. The number of nitrogens with one attached hydrogen (secondary N) is 1. The van der Waals surface area contributed by atoms with Gasteiger partial charge < -0.3 is 20.1 Å². The van der Waals surface area contributed by atoms with Crippen molar-refractivity contribution in [1.29, 1.82) is 0 Å². The molecule has 1 aliphatic rings. The lowest BCUT2D eigenvalue weighted by Crippen LogP contribution is -2.41. The molecule has 0 spiro atoms. The fraction of sp³-hybridized carbons (Fsp3) is 0.818. The maximum atomic E-state index is 11.7. The Morgan fingerprint density at radius 1 is 1.59 bits per heavy atom. The fourth-order valence-electron chi connectivity index (χ4n) is 1.83. The number of hydrogen-bond acceptors (Lipinski definition) is 3. The Morgan fingerprint density at radius 2 is 2.29 bits per heavy atom. The largest absolute Gasteiger partial charge is 0.481 e. The molecule has 2 amide bonds. The van der Waals surface area contributed by atoms with Crippen molar-refractivity contribution in [3.05, 3.63) is 0 Å². The van der Waals surface area contributed by atoms with Gasteiger partial charge in [0.2, 0.25) is 0 Å². The second-order valence-electron chi connectivity index (χ2n) is 4.48. The van der Waals surface area contributed by atoms with E-state index in [1.807, 2.05) is 0 Å². The molecule has 0 radical (unpaired) electrons. The van der Waals surface area contributed by atoms with Gasteiger partial charge in [-0.1, -0.05) is 6.92 Å². The van der Waals surface area contributed by atoms with Crippen LogP contribution in [-0.2, 0) is 9.53 Å². The second kappa shape index (κ2) is 6.44. The second-order valence-corrected chi connectivity index (χ2v) is 4.48. The predicted molar refractivity (Wildman–Crippen MR) is 61.8 cm³/mol. The molecule has 1 saturated heterocycles. The van der Waals surface area contributed by atoms with Crippen LogP contribution in [0.5, 0.6) is 0 Å². The quantitative estimate of drug-likeness (QED) is 0.733. The average molecular weight is 244 g/mol. The Bertz CT molecular complexity index is 283. The van der Waals surface area contributed by atoms with Gasteiger partial charge in [-0.05, 0) is 6.42 Å². The average Bonchev–Trinajstić information content (AvgIpc) is 2.74. The van der Waals surface area contributed by atoms with Crippen molar-refractivity contribution in [3.63, 3.8) is 0 Å². The minimum Gasteiger partial charge on any atom is -0.481 e. The van der Waals surface area contributed by atoms with Crippen LogP contribution < -0.4 is 5.32 Å². The van der Waals surface area contributed by atoms with E-state index >= 15 is 0 Å². The van der Waals surface area contributed by atoms with Gasteiger partial charge in [-0.2, -0.15) is 0 Å². The Kier molecular flexibility index (Phi) is 5.21. The van der Waals surface area contributed by atoms with E-state index in [9.17, 15) is 9.59 Å². The molecule has 2 unspecified atom stereocenters. The van der Waals surface area contributed by atoms with E-state index < -0.39 is 11.9 Å². The van der Waals surface area contributed by atoms with Crippen molar-refractivity contribution in [2.45, 2.75) is 13.3 Å². The summed E-state index contributed by atoms with van der Waals surface area (Å²) < 4.78 is 5.05. The molecule has 2 atom stereocenters. The summed E-state index contributed by atoms with van der Waals surface area (Å²) in [5.41, 5.74) is 0. The van der Waals surface area contributed by atoms with Crippen LogP contribution in [0.2, 0.25) is 0 Å². The van der Waals surface area contributed by atoms with Gasteiger partial charge in [-0.15, -0.1) is 0 Å². The summed E-state index contributed by atoms with van der Waals surface area (Å²) in [4.78, 5) is 24.0. The van der Waals surface area contributed by atoms with E-state index in [1.165, 1.54) is 0 Å². The summed E-state index contributed by atoms with van der Waals surface area (Å²) in [6.07, 6.45) is 0.940. The van der Waals surface area contributed by atoms with Gasteiger partial charge in [-0.3, -0.25) is 4.79 Å². The molecule has 1 rings (SSSR count). The first-order valence-corrected chi connectivity index (χ1v) is 5.79. The number of ether oxygens (including phenoxy) is 1. The number of urea groups is 1. The normalized spacial score (nSPS) is 21.3. The molecule has 1 fully saturated rings. The van der Waals surface area contributed by atoms with E-state index in [2.05, 4.69) is 5.32 Å². The minimum absolute atomic E-state index is 0.166. The van der Waals surface area contributed by atoms with E-state index in [1.54, 1.807) is 18.9 Å². The zero-order valence-electron chi connectivity index (χ0n) is 10.3. The summed E-state index contributed by atoms with van der Waals surface area (Å²) >= 11 is 0. The van der Waals surface area contributed by atoms with Crippen LogP contribution >= 0.6 is 0 Å². The van der Waals surface area contributed by atoms with Crippen LogP contribution in [0.15, 0.2) is 0 Å². The third kappa shape index (κ3) is 4.22. The summed E-state index contributed by atoms with van der Waals surface area (Å²) in [6.45, 7) is 3.79. The number of carbonyl (C=O) groups is 2. The van der Waals surface area contributed by atoms with E-state index in [-0.39, 0.29) is 12.6 Å². The van der Waals surface area contributed by atoms with E-state index in [0.29, 0.717) is 25.6 Å². The first kappa shape index (κ1) is 13.8. The Balaban J connectivity index is 2.27. The molecular weight excluding hydrogens is 224 g/mol. The minimum atomic E-state index is -0.899. The molecule has 2 N–H and O–H groups in total. The highest BCUT2D eigenvalue weighted by Crippen LogP contribution is 2.16. The molecule has 0 aromatic carbocycles. The Labute approximate surface area is 101 Å². The number of likely N-dealkylation sites (tertiary alicyclic amines) is 1. The summed E-state index contributed by atoms with van der Waals surface area (Å²) in [7, 11) is 1.65. The van der Waals surface area contributed by atoms with Crippen LogP contribution in [0.4, 0.5) is 4.79 Å². The van der Waals surface area contributed by atoms with Crippen molar-refractivity contribution >= 4 is 12.0 Å². The molecule has 0 aromatic rings. The third-order valence-electron chi connectivity index (χ3n) is 2.96. The Morgan fingerprint density at radius 3 is 2.88 bits per heavy atom. The van der Waals surface area contributed by atoms with Crippen LogP contribution in [0.1, 0.15) is 13.3 Å². The van der Waals surface area contributed by atoms with Crippen molar-refractivity contribution < 1.29 is 19.4 Å². The van der Waals surface area contributed by atoms with Crippen molar-refractivity contribution in [2.24, 2.45) is 11.8 Å². The maximum Gasteiger partial charge on any atom is 0.317 e. The molecular formula is C11H20N2O4. The number of carboxylic acid groups (broad SMARTS) is 1. The molecule has 0 aromatic heterocycles. The van der Waals surface area contributed by atoms with E-state index in [4.69, 9.17) is 9.84 Å². The number of hydrogen-bond donors (Lipinski definition) is 2. The highest BCUT2D eigenvalue weighted by atomic mass is 16.5. The Hall–Kier alpha value is -1.30. The zero-order valence-corrected chi connectivity index (χ0v) is 10.3. The molecule has 17 heavy (non-hydrogen) atoms. The number of amides is 2. The topological polar surface area (TPSA) is 78.9 Å². The number of carboxylic acids is 1. The predicted octanol–water partition coefficient (Wildman–Crippen LogP) is 0.385. The number of nitrogens with zero attached hydrogens (tertiary/aromatic N) is 1. The lowest BCUT2D eigenvalue weighted by Gasteiger charge is -2.18. The summed E-state index contributed by atoms with van der Waals surface area (Å²) in [6, 6.07) is -0.184. The first-order chi connectivity index (χ1) is 8.04. The molecule has 0 aliphatic carbocycles. The van der Waals surface area contributed by atoms with Crippen LogP contribution in [0.25, 0.3) is 0 Å². The van der Waals surface area contributed by atoms with Gasteiger partial charge in [0.25, 0.3) is 0 Å². The van der Waals surface area contributed by atoms with Gasteiger partial charge in [0.05, 0.1) is 12.5 Å². The molecule has 6 heteroatoms. The van der Waals surface area contributed by atoms with Crippen LogP contribution in [-0.4, -0.2) is 55.4 Å². The molecule has 1 aliphatic heterocycles. The van der Waals surface area contributed by atoms with Crippen molar-refractivity contribution in [3.8, 4) is 0 Å². The molecule has 98 valence electrons. The number of rotatable bonds is 5. The summed E-state index contributed by atoms with van der Waals surface area (Å²) in [5, 5.41) is 11.3. The highest BCUT2D eigenvalue weighted by molar-refractivity contribution is 5.76. The van der Waals surface area contributed by atoms with Crippen molar-refractivity contribution in [1.82, 2.24) is 10.2 Å². The zero-order chi connectivity index (χ0) is 12.8. The van der Waals surface area contributed by atoms with Gasteiger partial charge in [0, 0.05) is 32.7 Å². The molecule has 1 heterocycles. The monoisotopic (exact) mass is 244 g/mol. The van der Waals surface area contributed by atoms with Crippen LogP contribution in [0, 0.1) is 11.8 Å². The molecule has 6 nitrogen and oxygen atoms in total. The number of aliphatic carboxylic acids is 1. The van der Waals surface area contributed by atoms with Crippen molar-refractivity contribution in [2.75, 3.05) is 33.4 Å². The van der Waals surface area contributed by atoms with Crippen LogP contribution in [0.3, 0.4) is 0 Å². The van der Waals surface area contributed by atoms with Gasteiger partial charge in [0.15, 0.2) is 0 Å². The fourth-order valence-corrected chi connectivity index (χ4v) is 1.83. The summed E-state index contributed by atoms with van der Waals surface area (Å²) in [5.74, 6) is -1.07. The lowest BCUT2D eigenvalue weighted by atomic mass is 10.1. The first-order valence-electron chi connectivity index (χ1n) is 5.79.